The second-order valence-electron chi connectivity index (χ2n) is 6.08. The molecule has 0 saturated heterocycles. The molecule has 2 N–H and O–H groups in total. The summed E-state index contributed by atoms with van der Waals surface area (Å²) in [5, 5.41) is 6.61. The molecule has 0 saturated carbocycles. The molecule has 0 unspecified atom stereocenters. The summed E-state index contributed by atoms with van der Waals surface area (Å²) in [6.45, 7) is 6.87. The van der Waals surface area contributed by atoms with Gasteiger partial charge in [-0.2, -0.15) is 0 Å². The Balaban J connectivity index is 1.85. The van der Waals surface area contributed by atoms with Crippen LogP contribution >= 0.6 is 0 Å². The Bertz CT molecular complexity index is 488. The number of rotatable bonds is 3. The van der Waals surface area contributed by atoms with Gasteiger partial charge in [0, 0.05) is 18.5 Å². The lowest BCUT2D eigenvalue weighted by molar-refractivity contribution is 0.379. The van der Waals surface area contributed by atoms with Crippen LogP contribution in [0.2, 0.25) is 0 Å². The molecular formula is C15H24N4O. The number of aromatic nitrogens is 1. The zero-order valence-electron chi connectivity index (χ0n) is 12.7. The summed E-state index contributed by atoms with van der Waals surface area (Å²) in [6, 6.07) is 0.441. The molecule has 0 radical (unpaired) electrons. The van der Waals surface area contributed by atoms with Crippen molar-refractivity contribution in [2.24, 2.45) is 4.99 Å². The molecule has 1 aromatic heterocycles. The summed E-state index contributed by atoms with van der Waals surface area (Å²) in [5.74, 6) is 2.37. The first-order valence-electron chi connectivity index (χ1n) is 7.06. The number of hydrogen-bond acceptors (Lipinski definition) is 3. The van der Waals surface area contributed by atoms with Crippen molar-refractivity contribution in [3.05, 3.63) is 30.0 Å². The third-order valence-corrected chi connectivity index (χ3v) is 3.27. The first kappa shape index (κ1) is 14.6. The molecule has 0 bridgehead atoms. The Labute approximate surface area is 120 Å². The minimum absolute atomic E-state index is 0.0132. The second-order valence-corrected chi connectivity index (χ2v) is 6.08. The molecule has 1 aromatic rings. The SMILES string of the molecule is CN=C(NCc1ncc(C(C)(C)C)o1)NC1CC=CC1. The fourth-order valence-corrected chi connectivity index (χ4v) is 2.02. The highest BCUT2D eigenvalue weighted by atomic mass is 16.4. The smallest absolute Gasteiger partial charge is 0.213 e. The van der Waals surface area contributed by atoms with Crippen molar-refractivity contribution in [2.45, 2.75) is 51.6 Å². The van der Waals surface area contributed by atoms with Gasteiger partial charge in [0.25, 0.3) is 0 Å². The van der Waals surface area contributed by atoms with E-state index in [0.29, 0.717) is 18.5 Å². The minimum atomic E-state index is -0.0132. The monoisotopic (exact) mass is 276 g/mol. The van der Waals surface area contributed by atoms with Crippen LogP contribution in [-0.4, -0.2) is 24.0 Å². The number of nitrogens with one attached hydrogen (secondary N) is 2. The van der Waals surface area contributed by atoms with Gasteiger partial charge in [0.15, 0.2) is 5.96 Å². The van der Waals surface area contributed by atoms with Crippen LogP contribution in [0.1, 0.15) is 45.3 Å². The Kier molecular flexibility index (Phi) is 4.47. The van der Waals surface area contributed by atoms with Gasteiger partial charge in [0.1, 0.15) is 5.76 Å². The normalized spacial score (nSPS) is 16.7. The average Bonchev–Trinajstić information content (AvgIpc) is 3.04. The highest BCUT2D eigenvalue weighted by Gasteiger charge is 2.19. The van der Waals surface area contributed by atoms with Gasteiger partial charge >= 0.3 is 0 Å². The number of oxazole rings is 1. The first-order valence-corrected chi connectivity index (χ1v) is 7.06. The zero-order valence-corrected chi connectivity index (χ0v) is 12.7. The molecule has 0 aromatic carbocycles. The van der Waals surface area contributed by atoms with Crippen molar-refractivity contribution < 1.29 is 4.42 Å². The highest BCUT2D eigenvalue weighted by molar-refractivity contribution is 5.79. The third kappa shape index (κ3) is 3.85. The van der Waals surface area contributed by atoms with Crippen molar-refractivity contribution in [2.75, 3.05) is 7.05 Å². The number of nitrogens with zero attached hydrogens (tertiary/aromatic N) is 2. The van der Waals surface area contributed by atoms with Crippen LogP contribution in [-0.2, 0) is 12.0 Å². The van der Waals surface area contributed by atoms with Crippen LogP contribution in [0.4, 0.5) is 0 Å². The van der Waals surface area contributed by atoms with Crippen LogP contribution in [0.25, 0.3) is 0 Å². The summed E-state index contributed by atoms with van der Waals surface area (Å²) >= 11 is 0. The Morgan fingerprint density at radius 2 is 2.10 bits per heavy atom. The zero-order chi connectivity index (χ0) is 14.6. The maximum atomic E-state index is 5.74. The predicted octanol–water partition coefficient (Wildman–Crippen LogP) is 2.36. The average molecular weight is 276 g/mol. The molecule has 0 aliphatic heterocycles. The van der Waals surface area contributed by atoms with E-state index >= 15 is 0 Å². The topological polar surface area (TPSA) is 62.5 Å². The second kappa shape index (κ2) is 6.11. The quantitative estimate of drug-likeness (QED) is 0.505. The number of aliphatic imine (C=N–C) groups is 1. The molecule has 5 heteroatoms. The lowest BCUT2D eigenvalue weighted by atomic mass is 9.94. The lowest BCUT2D eigenvalue weighted by Gasteiger charge is -2.16. The Morgan fingerprint density at radius 3 is 2.65 bits per heavy atom. The van der Waals surface area contributed by atoms with Crippen molar-refractivity contribution in [3.63, 3.8) is 0 Å². The van der Waals surface area contributed by atoms with E-state index in [1.165, 1.54) is 0 Å². The van der Waals surface area contributed by atoms with Crippen molar-refractivity contribution in [1.29, 1.82) is 0 Å². The predicted molar refractivity (Wildman–Crippen MR) is 80.7 cm³/mol. The maximum Gasteiger partial charge on any atom is 0.213 e. The van der Waals surface area contributed by atoms with Crippen molar-refractivity contribution in [3.8, 4) is 0 Å². The maximum absolute atomic E-state index is 5.74. The van der Waals surface area contributed by atoms with Crippen LogP contribution < -0.4 is 10.6 Å². The number of hydrogen-bond donors (Lipinski definition) is 2. The van der Waals surface area contributed by atoms with Crippen molar-refractivity contribution >= 4 is 5.96 Å². The van der Waals surface area contributed by atoms with Gasteiger partial charge in [-0.15, -0.1) is 0 Å². The van der Waals surface area contributed by atoms with Crippen molar-refractivity contribution in [1.82, 2.24) is 15.6 Å². The minimum Gasteiger partial charge on any atom is -0.443 e. The van der Waals surface area contributed by atoms with Gasteiger partial charge in [-0.3, -0.25) is 4.99 Å². The molecule has 2 rings (SSSR count). The summed E-state index contributed by atoms with van der Waals surface area (Å²) in [6.07, 6.45) is 8.28. The molecule has 20 heavy (non-hydrogen) atoms. The molecular weight excluding hydrogens is 252 g/mol. The fraction of sp³-hybridized carbons (Fsp3) is 0.600. The molecule has 110 valence electrons. The summed E-state index contributed by atoms with van der Waals surface area (Å²) in [5.41, 5.74) is -0.0132. The molecule has 5 nitrogen and oxygen atoms in total. The summed E-state index contributed by atoms with van der Waals surface area (Å²) in [4.78, 5) is 8.52. The molecule has 1 aliphatic carbocycles. The Hall–Kier alpha value is -1.78. The molecule has 0 atom stereocenters. The van der Waals surface area contributed by atoms with E-state index in [1.54, 1.807) is 13.2 Å². The standard InChI is InChI=1S/C15H24N4O/c1-15(2,3)12-9-17-13(20-12)10-18-14(16-4)19-11-7-5-6-8-11/h5-6,9,11H,7-8,10H2,1-4H3,(H2,16,18,19). The largest absolute Gasteiger partial charge is 0.443 e. The van der Waals surface area contributed by atoms with Gasteiger partial charge in [-0.25, -0.2) is 4.98 Å². The van der Waals surface area contributed by atoms with E-state index in [9.17, 15) is 0 Å². The van der Waals surface area contributed by atoms with Gasteiger partial charge < -0.3 is 15.1 Å². The Morgan fingerprint density at radius 1 is 1.40 bits per heavy atom. The van der Waals surface area contributed by atoms with Gasteiger partial charge in [-0.1, -0.05) is 32.9 Å². The molecule has 0 spiro atoms. The molecule has 1 aliphatic rings. The van der Waals surface area contributed by atoms with E-state index in [-0.39, 0.29) is 5.41 Å². The highest BCUT2D eigenvalue weighted by Crippen LogP contribution is 2.22. The van der Waals surface area contributed by atoms with Crippen LogP contribution in [0.15, 0.2) is 27.8 Å². The van der Waals surface area contributed by atoms with Crippen LogP contribution in [0.3, 0.4) is 0 Å². The van der Waals surface area contributed by atoms with E-state index in [1.807, 2.05) is 0 Å². The van der Waals surface area contributed by atoms with E-state index in [4.69, 9.17) is 4.42 Å². The third-order valence-electron chi connectivity index (χ3n) is 3.27. The fourth-order valence-electron chi connectivity index (χ4n) is 2.02. The lowest BCUT2D eigenvalue weighted by Crippen LogP contribution is -2.42. The first-order chi connectivity index (χ1) is 9.49. The van der Waals surface area contributed by atoms with E-state index < -0.39 is 0 Å². The van der Waals surface area contributed by atoms with Gasteiger partial charge in [0.05, 0.1) is 12.7 Å². The number of guanidine groups is 1. The van der Waals surface area contributed by atoms with E-state index in [2.05, 4.69) is 53.5 Å². The summed E-state index contributed by atoms with van der Waals surface area (Å²) < 4.78 is 5.74. The van der Waals surface area contributed by atoms with Crippen LogP contribution in [0, 0.1) is 0 Å². The summed E-state index contributed by atoms with van der Waals surface area (Å²) in [7, 11) is 1.77. The van der Waals surface area contributed by atoms with Gasteiger partial charge in [-0.05, 0) is 12.8 Å². The van der Waals surface area contributed by atoms with Crippen LogP contribution in [0.5, 0.6) is 0 Å². The molecule has 0 fully saturated rings. The van der Waals surface area contributed by atoms with E-state index in [0.717, 1.165) is 24.6 Å². The molecule has 1 heterocycles. The van der Waals surface area contributed by atoms with Gasteiger partial charge in [0.2, 0.25) is 5.89 Å². The molecule has 0 amide bonds.